The van der Waals surface area contributed by atoms with Crippen LogP contribution in [0.2, 0.25) is 0 Å². The Morgan fingerprint density at radius 1 is 0.938 bits per heavy atom. The van der Waals surface area contributed by atoms with Gasteiger partial charge in [-0.25, -0.2) is 0 Å². The standard InChI is InChI=1S/C14H11NSi/c15-13-6-4-5-12(11-13)9-10-16-14-7-2-1-3-8-14/h1-8,11H,15H2. The van der Waals surface area contributed by atoms with Crippen LogP contribution in [0, 0.1) is 11.5 Å². The first-order chi connectivity index (χ1) is 7.84. The third-order valence-corrected chi connectivity index (χ3v) is 2.95. The average Bonchev–Trinajstić information content (AvgIpc) is 2.30. The second-order valence-electron chi connectivity index (χ2n) is 3.37. The van der Waals surface area contributed by atoms with Crippen molar-refractivity contribution in [1.29, 1.82) is 0 Å². The van der Waals surface area contributed by atoms with Crippen LogP contribution in [0.3, 0.4) is 0 Å². The third kappa shape index (κ3) is 3.01. The van der Waals surface area contributed by atoms with Crippen molar-refractivity contribution >= 4 is 20.4 Å². The molecule has 0 aromatic heterocycles. The quantitative estimate of drug-likeness (QED) is 0.442. The first-order valence-corrected chi connectivity index (χ1v) is 6.02. The number of anilines is 1. The predicted octanol–water partition coefficient (Wildman–Crippen LogP) is 1.61. The van der Waals surface area contributed by atoms with Crippen LogP contribution in [-0.4, -0.2) is 9.52 Å². The van der Waals surface area contributed by atoms with Gasteiger partial charge in [0.2, 0.25) is 0 Å². The van der Waals surface area contributed by atoms with E-state index in [1.54, 1.807) is 0 Å². The summed E-state index contributed by atoms with van der Waals surface area (Å²) in [6.45, 7) is 0. The van der Waals surface area contributed by atoms with Gasteiger partial charge in [0, 0.05) is 11.3 Å². The Bertz CT molecular complexity index is 523. The van der Waals surface area contributed by atoms with Gasteiger partial charge >= 0.3 is 0 Å². The summed E-state index contributed by atoms with van der Waals surface area (Å²) in [6, 6.07) is 17.9. The summed E-state index contributed by atoms with van der Waals surface area (Å²) >= 11 is 0. The van der Waals surface area contributed by atoms with Crippen LogP contribution in [0.4, 0.5) is 5.69 Å². The van der Waals surface area contributed by atoms with Gasteiger partial charge in [-0.05, 0) is 23.4 Å². The Morgan fingerprint density at radius 3 is 2.50 bits per heavy atom. The van der Waals surface area contributed by atoms with Crippen molar-refractivity contribution in [2.24, 2.45) is 0 Å². The molecule has 1 nitrogen and oxygen atoms in total. The summed E-state index contributed by atoms with van der Waals surface area (Å²) < 4.78 is 0. The predicted molar refractivity (Wildman–Crippen MR) is 69.6 cm³/mol. The average molecular weight is 221 g/mol. The number of nitrogen functional groups attached to an aromatic ring is 1. The molecule has 0 aliphatic rings. The zero-order chi connectivity index (χ0) is 11.2. The van der Waals surface area contributed by atoms with Crippen molar-refractivity contribution in [2.45, 2.75) is 0 Å². The van der Waals surface area contributed by atoms with Crippen LogP contribution in [0.25, 0.3) is 0 Å². The molecule has 2 heteroatoms. The minimum atomic E-state index is 0.525. The van der Waals surface area contributed by atoms with E-state index in [4.69, 9.17) is 5.73 Å². The molecule has 0 aliphatic carbocycles. The van der Waals surface area contributed by atoms with Gasteiger partial charge in [0.15, 0.2) is 9.52 Å². The molecule has 0 heterocycles. The van der Waals surface area contributed by atoms with Gasteiger partial charge in [-0.15, -0.1) is 5.54 Å². The summed E-state index contributed by atoms with van der Waals surface area (Å²) in [6.07, 6.45) is 0. The molecule has 2 N–H and O–H groups in total. The lowest BCUT2D eigenvalue weighted by Crippen LogP contribution is -2.10. The van der Waals surface area contributed by atoms with Crippen molar-refractivity contribution in [3.8, 4) is 11.5 Å². The molecular formula is C14H11NSi. The zero-order valence-corrected chi connectivity index (χ0v) is 9.77. The maximum atomic E-state index is 5.68. The van der Waals surface area contributed by atoms with E-state index in [0.717, 1.165) is 11.3 Å². The molecule has 0 spiro atoms. The van der Waals surface area contributed by atoms with Crippen LogP contribution >= 0.6 is 0 Å². The maximum Gasteiger partial charge on any atom is 0.187 e. The molecule has 0 unspecified atom stereocenters. The number of benzene rings is 2. The number of rotatable bonds is 1. The van der Waals surface area contributed by atoms with Crippen LogP contribution in [0.5, 0.6) is 0 Å². The van der Waals surface area contributed by atoms with E-state index in [9.17, 15) is 0 Å². The summed E-state index contributed by atoms with van der Waals surface area (Å²) in [5.41, 5.74) is 10.6. The van der Waals surface area contributed by atoms with E-state index in [1.165, 1.54) is 5.19 Å². The Labute approximate surface area is 98.1 Å². The van der Waals surface area contributed by atoms with Gasteiger partial charge in [0.05, 0.1) is 0 Å². The summed E-state index contributed by atoms with van der Waals surface area (Å²) in [7, 11) is 0.525. The van der Waals surface area contributed by atoms with Crippen LogP contribution in [0.1, 0.15) is 5.56 Å². The Morgan fingerprint density at radius 2 is 1.75 bits per heavy atom. The lowest BCUT2D eigenvalue weighted by atomic mass is 10.2. The first-order valence-electron chi connectivity index (χ1n) is 5.02. The molecule has 16 heavy (non-hydrogen) atoms. The van der Waals surface area contributed by atoms with E-state index in [-0.39, 0.29) is 0 Å². The van der Waals surface area contributed by atoms with E-state index in [0.29, 0.717) is 9.52 Å². The smallest absolute Gasteiger partial charge is 0.187 e. The highest BCUT2D eigenvalue weighted by Gasteiger charge is 1.89. The van der Waals surface area contributed by atoms with Crippen LogP contribution < -0.4 is 10.9 Å². The molecule has 2 radical (unpaired) electrons. The van der Waals surface area contributed by atoms with Gasteiger partial charge < -0.3 is 5.73 Å². The molecule has 0 fully saturated rings. The van der Waals surface area contributed by atoms with Crippen molar-refractivity contribution in [2.75, 3.05) is 5.73 Å². The van der Waals surface area contributed by atoms with E-state index in [2.05, 4.69) is 23.6 Å². The topological polar surface area (TPSA) is 26.0 Å². The highest BCUT2D eigenvalue weighted by atomic mass is 28.2. The number of hydrogen-bond donors (Lipinski definition) is 1. The third-order valence-electron chi connectivity index (χ3n) is 2.07. The van der Waals surface area contributed by atoms with E-state index >= 15 is 0 Å². The summed E-state index contributed by atoms with van der Waals surface area (Å²) in [4.78, 5) is 0. The van der Waals surface area contributed by atoms with Gasteiger partial charge in [0.25, 0.3) is 0 Å². The molecule has 0 amide bonds. The van der Waals surface area contributed by atoms with E-state index < -0.39 is 0 Å². The maximum absolute atomic E-state index is 5.68. The normalized spacial score (nSPS) is 9.25. The lowest BCUT2D eigenvalue weighted by Gasteiger charge is -1.93. The largest absolute Gasteiger partial charge is 0.399 e. The van der Waals surface area contributed by atoms with Crippen molar-refractivity contribution in [3.05, 3.63) is 60.2 Å². The second kappa shape index (κ2) is 5.20. The Hall–Kier alpha value is -1.98. The molecule has 0 saturated heterocycles. The molecular weight excluding hydrogens is 210 g/mol. The van der Waals surface area contributed by atoms with Crippen molar-refractivity contribution < 1.29 is 0 Å². The fourth-order valence-corrected chi connectivity index (χ4v) is 2.02. The fourth-order valence-electron chi connectivity index (χ4n) is 1.31. The molecule has 0 atom stereocenters. The summed E-state index contributed by atoms with van der Waals surface area (Å²) in [5, 5.41) is 1.26. The minimum absolute atomic E-state index is 0.525. The van der Waals surface area contributed by atoms with Gasteiger partial charge in [-0.1, -0.05) is 42.3 Å². The molecule has 2 rings (SSSR count). The SMILES string of the molecule is Nc1cccc(C#C[Si]c2ccccc2)c1. The number of hydrogen-bond acceptors (Lipinski definition) is 1. The molecule has 2 aromatic carbocycles. The van der Waals surface area contributed by atoms with Gasteiger partial charge in [-0.2, -0.15) is 0 Å². The highest BCUT2D eigenvalue weighted by molar-refractivity contribution is 6.61. The summed E-state index contributed by atoms with van der Waals surface area (Å²) in [5.74, 6) is 3.12. The van der Waals surface area contributed by atoms with Gasteiger partial charge in [-0.3, -0.25) is 0 Å². The lowest BCUT2D eigenvalue weighted by molar-refractivity contribution is 1.63. The molecule has 0 aliphatic heterocycles. The monoisotopic (exact) mass is 221 g/mol. The first kappa shape index (κ1) is 10.5. The van der Waals surface area contributed by atoms with Crippen molar-refractivity contribution in [3.63, 3.8) is 0 Å². The van der Waals surface area contributed by atoms with Crippen molar-refractivity contribution in [1.82, 2.24) is 0 Å². The fraction of sp³-hybridized carbons (Fsp3) is 0. The second-order valence-corrected chi connectivity index (χ2v) is 4.44. The van der Waals surface area contributed by atoms with Gasteiger partial charge in [0.1, 0.15) is 0 Å². The zero-order valence-electron chi connectivity index (χ0n) is 8.77. The van der Waals surface area contributed by atoms with Crippen LogP contribution in [0.15, 0.2) is 54.6 Å². The molecule has 2 aromatic rings. The Kier molecular flexibility index (Phi) is 3.42. The number of nitrogens with two attached hydrogens (primary N) is 1. The molecule has 0 saturated carbocycles. The molecule has 0 bridgehead atoms. The molecule has 76 valence electrons. The minimum Gasteiger partial charge on any atom is -0.399 e. The Balaban J connectivity index is 2.06. The van der Waals surface area contributed by atoms with Crippen LogP contribution in [-0.2, 0) is 0 Å². The van der Waals surface area contributed by atoms with E-state index in [1.807, 2.05) is 42.5 Å². The highest BCUT2D eigenvalue weighted by Crippen LogP contribution is 2.04.